The molecular formula is C12H22Cl4N2. The topological polar surface area (TPSA) is 24.4 Å². The molecule has 18 heavy (non-hydrogen) atoms. The van der Waals surface area contributed by atoms with Crippen molar-refractivity contribution in [2.45, 2.75) is 67.8 Å². The second-order valence-corrected chi connectivity index (χ2v) is 8.92. The van der Waals surface area contributed by atoms with E-state index >= 15 is 0 Å². The van der Waals surface area contributed by atoms with Crippen molar-refractivity contribution in [2.75, 3.05) is 0 Å². The molecule has 108 valence electrons. The predicted octanol–water partition coefficient (Wildman–Crippen LogP) is 4.59. The van der Waals surface area contributed by atoms with E-state index in [-0.39, 0.29) is 11.1 Å². The number of alkyl halides is 4. The maximum absolute atomic E-state index is 6.29. The van der Waals surface area contributed by atoms with Gasteiger partial charge in [0.15, 0.2) is 4.33 Å². The van der Waals surface area contributed by atoms with Crippen LogP contribution in [0, 0.1) is 0 Å². The molecule has 2 nitrogen and oxygen atoms in total. The first kappa shape index (κ1) is 18.8. The van der Waals surface area contributed by atoms with Crippen LogP contribution in [0.15, 0.2) is 4.99 Å². The quantitative estimate of drug-likeness (QED) is 0.589. The van der Waals surface area contributed by atoms with Crippen LogP contribution in [0.2, 0.25) is 0 Å². The van der Waals surface area contributed by atoms with E-state index in [0.29, 0.717) is 0 Å². The summed E-state index contributed by atoms with van der Waals surface area (Å²) in [6.07, 6.45) is 1.50. The second kappa shape index (κ2) is 6.49. The van der Waals surface area contributed by atoms with Crippen LogP contribution in [0.25, 0.3) is 0 Å². The van der Waals surface area contributed by atoms with E-state index < -0.39 is 15.2 Å². The van der Waals surface area contributed by atoms with Crippen LogP contribution in [0.5, 0.6) is 0 Å². The van der Waals surface area contributed by atoms with Crippen LogP contribution in [0.3, 0.4) is 0 Å². The fraction of sp³-hybridized carbons (Fsp3) is 0.917. The molecule has 0 heterocycles. The van der Waals surface area contributed by atoms with Gasteiger partial charge in [-0.3, -0.25) is 4.99 Å². The number of halogens is 4. The third kappa shape index (κ3) is 8.06. The molecule has 0 radical (unpaired) electrons. The first-order valence-corrected chi connectivity index (χ1v) is 7.37. The molecular weight excluding hydrogens is 314 g/mol. The van der Waals surface area contributed by atoms with Gasteiger partial charge in [-0.05, 0) is 41.5 Å². The molecule has 1 N–H and O–H groups in total. The van der Waals surface area contributed by atoms with Gasteiger partial charge in [0, 0.05) is 11.8 Å². The normalized spacial score (nSPS) is 16.6. The standard InChI is InChI=1S/C12H22Cl4N2/c1-10(2,3)17-7-12(15,16)8(9(13)14)18-11(4,5)6/h7-9,18H,1-6H3. The summed E-state index contributed by atoms with van der Waals surface area (Å²) in [5.74, 6) is 0. The average Bonchev–Trinajstić information content (AvgIpc) is 2.08. The summed E-state index contributed by atoms with van der Waals surface area (Å²) in [5, 5.41) is 3.21. The Hall–Kier alpha value is 0.790. The SMILES string of the molecule is CC(C)(C)N=CC(Cl)(Cl)C(NC(C)(C)C)C(Cl)Cl. The zero-order valence-electron chi connectivity index (χ0n) is 11.7. The van der Waals surface area contributed by atoms with Crippen molar-refractivity contribution in [3.05, 3.63) is 0 Å². The molecule has 0 aromatic rings. The van der Waals surface area contributed by atoms with E-state index in [2.05, 4.69) is 10.3 Å². The number of rotatable bonds is 4. The number of hydrogen-bond donors (Lipinski definition) is 1. The average molecular weight is 336 g/mol. The fourth-order valence-corrected chi connectivity index (χ4v) is 2.39. The summed E-state index contributed by atoms with van der Waals surface area (Å²) >= 11 is 24.5. The number of hydrogen-bond acceptors (Lipinski definition) is 2. The van der Waals surface area contributed by atoms with Gasteiger partial charge in [0.25, 0.3) is 0 Å². The minimum atomic E-state index is -1.27. The molecule has 0 fully saturated rings. The highest BCUT2D eigenvalue weighted by Gasteiger charge is 2.40. The molecule has 0 saturated carbocycles. The van der Waals surface area contributed by atoms with Gasteiger partial charge in [-0.15, -0.1) is 23.2 Å². The first-order chi connectivity index (χ1) is 7.75. The van der Waals surface area contributed by atoms with Crippen LogP contribution in [0.4, 0.5) is 0 Å². The Morgan fingerprint density at radius 3 is 1.72 bits per heavy atom. The van der Waals surface area contributed by atoms with Crippen LogP contribution in [-0.4, -0.2) is 32.5 Å². The molecule has 0 bridgehead atoms. The lowest BCUT2D eigenvalue weighted by Gasteiger charge is -2.35. The number of nitrogens with one attached hydrogen (secondary N) is 1. The fourth-order valence-electron chi connectivity index (χ4n) is 1.15. The zero-order chi connectivity index (χ0) is 14.8. The Morgan fingerprint density at radius 2 is 1.44 bits per heavy atom. The predicted molar refractivity (Wildman–Crippen MR) is 84.9 cm³/mol. The van der Waals surface area contributed by atoms with Crippen LogP contribution >= 0.6 is 46.4 Å². The van der Waals surface area contributed by atoms with Crippen LogP contribution in [-0.2, 0) is 0 Å². The van der Waals surface area contributed by atoms with Gasteiger partial charge >= 0.3 is 0 Å². The molecule has 0 aliphatic carbocycles. The van der Waals surface area contributed by atoms with E-state index in [4.69, 9.17) is 46.4 Å². The third-order valence-electron chi connectivity index (χ3n) is 1.88. The van der Waals surface area contributed by atoms with Crippen molar-refractivity contribution in [2.24, 2.45) is 4.99 Å². The van der Waals surface area contributed by atoms with E-state index in [1.54, 1.807) is 0 Å². The van der Waals surface area contributed by atoms with Crippen molar-refractivity contribution in [1.29, 1.82) is 0 Å². The maximum atomic E-state index is 6.29. The Morgan fingerprint density at radius 1 is 1.00 bits per heavy atom. The Labute approximate surface area is 130 Å². The van der Waals surface area contributed by atoms with E-state index in [1.807, 2.05) is 41.5 Å². The van der Waals surface area contributed by atoms with Gasteiger partial charge in [-0.2, -0.15) is 0 Å². The molecule has 0 aliphatic rings. The molecule has 0 aromatic heterocycles. The summed E-state index contributed by atoms with van der Waals surface area (Å²) in [7, 11) is 0. The molecule has 0 amide bonds. The molecule has 0 rings (SSSR count). The Balaban J connectivity index is 5.05. The molecule has 1 atom stereocenters. The van der Waals surface area contributed by atoms with Gasteiger partial charge in [0.1, 0.15) is 4.84 Å². The van der Waals surface area contributed by atoms with E-state index in [9.17, 15) is 0 Å². The summed E-state index contributed by atoms with van der Waals surface area (Å²) in [6.45, 7) is 11.8. The zero-order valence-corrected chi connectivity index (χ0v) is 14.7. The highest BCUT2D eigenvalue weighted by atomic mass is 35.5. The summed E-state index contributed by atoms with van der Waals surface area (Å²) in [4.78, 5) is 3.57. The van der Waals surface area contributed by atoms with Crippen molar-refractivity contribution >= 4 is 52.6 Å². The lowest BCUT2D eigenvalue weighted by Crippen LogP contribution is -2.55. The molecule has 6 heteroatoms. The monoisotopic (exact) mass is 334 g/mol. The van der Waals surface area contributed by atoms with Crippen LogP contribution in [0.1, 0.15) is 41.5 Å². The largest absolute Gasteiger partial charge is 0.304 e. The first-order valence-electron chi connectivity index (χ1n) is 5.75. The molecule has 0 aliphatic heterocycles. The van der Waals surface area contributed by atoms with Gasteiger partial charge in [0.05, 0.1) is 11.6 Å². The van der Waals surface area contributed by atoms with Gasteiger partial charge in [-0.25, -0.2) is 0 Å². The molecule has 0 spiro atoms. The maximum Gasteiger partial charge on any atom is 0.170 e. The Bertz CT molecular complexity index is 287. The number of aliphatic imine (C=N–C) groups is 1. The second-order valence-electron chi connectivity index (χ2n) is 6.31. The Kier molecular flexibility index (Phi) is 6.78. The van der Waals surface area contributed by atoms with Gasteiger partial charge in [-0.1, -0.05) is 23.2 Å². The van der Waals surface area contributed by atoms with Crippen molar-refractivity contribution in [3.63, 3.8) is 0 Å². The van der Waals surface area contributed by atoms with Crippen molar-refractivity contribution in [3.8, 4) is 0 Å². The lowest BCUT2D eigenvalue weighted by atomic mass is 10.1. The van der Waals surface area contributed by atoms with Crippen LogP contribution < -0.4 is 5.32 Å². The summed E-state index contributed by atoms with van der Waals surface area (Å²) < 4.78 is -1.27. The number of nitrogens with zero attached hydrogens (tertiary/aromatic N) is 1. The van der Waals surface area contributed by atoms with E-state index in [0.717, 1.165) is 0 Å². The lowest BCUT2D eigenvalue weighted by molar-refractivity contribution is 0.366. The third-order valence-corrected chi connectivity index (χ3v) is 3.05. The van der Waals surface area contributed by atoms with Crippen molar-refractivity contribution < 1.29 is 0 Å². The summed E-state index contributed by atoms with van der Waals surface area (Å²) in [6, 6.07) is -0.518. The van der Waals surface area contributed by atoms with Gasteiger partial charge in [0.2, 0.25) is 0 Å². The smallest absolute Gasteiger partial charge is 0.170 e. The van der Waals surface area contributed by atoms with Crippen molar-refractivity contribution in [1.82, 2.24) is 5.32 Å². The highest BCUT2D eigenvalue weighted by Crippen LogP contribution is 2.31. The summed E-state index contributed by atoms with van der Waals surface area (Å²) in [5.41, 5.74) is -0.466. The highest BCUT2D eigenvalue weighted by molar-refractivity contribution is 6.58. The minimum absolute atomic E-state index is 0.211. The molecule has 1 unspecified atom stereocenters. The van der Waals surface area contributed by atoms with Gasteiger partial charge < -0.3 is 5.32 Å². The minimum Gasteiger partial charge on any atom is -0.304 e. The molecule has 0 saturated heterocycles. The molecule has 0 aromatic carbocycles. The van der Waals surface area contributed by atoms with E-state index in [1.165, 1.54) is 6.21 Å².